The first-order valence-corrected chi connectivity index (χ1v) is 5.03. The van der Waals surface area contributed by atoms with E-state index < -0.39 is 0 Å². The molecule has 0 saturated carbocycles. The zero-order valence-electron chi connectivity index (χ0n) is 9.07. The highest BCUT2D eigenvalue weighted by Crippen LogP contribution is 2.17. The monoisotopic (exact) mass is 224 g/mol. The van der Waals surface area contributed by atoms with Crippen LogP contribution in [0, 0.1) is 11.3 Å². The lowest BCUT2D eigenvalue weighted by Crippen LogP contribution is -1.97. The molecule has 3 aromatic rings. The van der Waals surface area contributed by atoms with Crippen LogP contribution in [0.25, 0.3) is 17.2 Å². The van der Waals surface area contributed by atoms with Crippen molar-refractivity contribution in [2.75, 3.05) is 0 Å². The molecule has 0 aromatic carbocycles. The fourth-order valence-electron chi connectivity index (χ4n) is 1.72. The molecule has 17 heavy (non-hydrogen) atoms. The summed E-state index contributed by atoms with van der Waals surface area (Å²) >= 11 is 0. The number of nitriles is 1. The van der Waals surface area contributed by atoms with Gasteiger partial charge in [0.15, 0.2) is 11.5 Å². The van der Waals surface area contributed by atoms with Crippen LogP contribution < -0.4 is 0 Å². The van der Waals surface area contributed by atoms with Crippen LogP contribution in [0.5, 0.6) is 0 Å². The van der Waals surface area contributed by atoms with Gasteiger partial charge in [-0.3, -0.25) is 9.08 Å². The Bertz CT molecular complexity index is 730. The Labute approximate surface area is 96.7 Å². The molecule has 0 bridgehead atoms. The molecule has 0 N–H and O–H groups in total. The molecule has 0 aliphatic rings. The summed E-state index contributed by atoms with van der Waals surface area (Å²) in [6, 6.07) is 7.44. The highest BCUT2D eigenvalue weighted by molar-refractivity contribution is 5.56. The van der Waals surface area contributed by atoms with Crippen molar-refractivity contribution >= 4 is 5.65 Å². The second-order valence-electron chi connectivity index (χ2n) is 3.62. The molecule has 82 valence electrons. The van der Waals surface area contributed by atoms with E-state index in [0.29, 0.717) is 17.0 Å². The first kappa shape index (κ1) is 9.54. The quantitative estimate of drug-likeness (QED) is 0.618. The second-order valence-corrected chi connectivity index (χ2v) is 3.62. The van der Waals surface area contributed by atoms with Crippen molar-refractivity contribution in [3.63, 3.8) is 0 Å². The summed E-state index contributed by atoms with van der Waals surface area (Å²) in [5, 5.41) is 21.2. The van der Waals surface area contributed by atoms with Crippen molar-refractivity contribution < 1.29 is 0 Å². The van der Waals surface area contributed by atoms with Crippen molar-refractivity contribution in [2.24, 2.45) is 7.05 Å². The summed E-state index contributed by atoms with van der Waals surface area (Å²) in [5.41, 5.74) is 2.13. The van der Waals surface area contributed by atoms with Gasteiger partial charge in [0, 0.05) is 19.4 Å². The van der Waals surface area contributed by atoms with Crippen LogP contribution in [-0.4, -0.2) is 24.4 Å². The van der Waals surface area contributed by atoms with Gasteiger partial charge in [-0.05, 0) is 18.2 Å². The molecule has 0 aliphatic carbocycles. The van der Waals surface area contributed by atoms with Gasteiger partial charge >= 0.3 is 0 Å². The van der Waals surface area contributed by atoms with Crippen LogP contribution in [-0.2, 0) is 7.05 Å². The fourth-order valence-corrected chi connectivity index (χ4v) is 1.72. The lowest BCUT2D eigenvalue weighted by atomic mass is 10.3. The van der Waals surface area contributed by atoms with E-state index in [0.717, 1.165) is 5.69 Å². The number of hydrogen-bond donors (Lipinski definition) is 0. The highest BCUT2D eigenvalue weighted by atomic mass is 15.3. The van der Waals surface area contributed by atoms with Crippen molar-refractivity contribution in [1.29, 1.82) is 5.26 Å². The molecule has 0 radical (unpaired) electrons. The van der Waals surface area contributed by atoms with Gasteiger partial charge in [-0.2, -0.15) is 10.4 Å². The fraction of sp³-hybridized carbons (Fsp3) is 0.0909. The molecule has 0 saturated heterocycles. The third kappa shape index (κ3) is 1.37. The molecule has 0 unspecified atom stereocenters. The first-order valence-electron chi connectivity index (χ1n) is 5.03. The van der Waals surface area contributed by atoms with E-state index >= 15 is 0 Å². The maximum absolute atomic E-state index is 8.89. The third-order valence-corrected chi connectivity index (χ3v) is 2.58. The van der Waals surface area contributed by atoms with Gasteiger partial charge < -0.3 is 0 Å². The molecular formula is C11H8N6. The van der Waals surface area contributed by atoms with E-state index in [2.05, 4.69) is 21.4 Å². The lowest BCUT2D eigenvalue weighted by Gasteiger charge is -2.00. The zero-order valence-corrected chi connectivity index (χ0v) is 9.07. The summed E-state index contributed by atoms with van der Waals surface area (Å²) in [4.78, 5) is 0. The van der Waals surface area contributed by atoms with Gasteiger partial charge in [0.1, 0.15) is 11.8 Å². The number of rotatable bonds is 1. The largest absolute Gasteiger partial charge is 0.280 e. The molecule has 6 nitrogen and oxygen atoms in total. The van der Waals surface area contributed by atoms with E-state index in [4.69, 9.17) is 5.26 Å². The maximum atomic E-state index is 8.89. The van der Waals surface area contributed by atoms with Crippen LogP contribution in [0.1, 0.15) is 5.56 Å². The van der Waals surface area contributed by atoms with Crippen molar-refractivity contribution in [3.8, 4) is 17.6 Å². The van der Waals surface area contributed by atoms with Crippen LogP contribution in [0.15, 0.2) is 30.6 Å². The predicted octanol–water partition coefficient (Wildman–Crippen LogP) is 1.00. The second kappa shape index (κ2) is 3.42. The number of aryl methyl sites for hydroxylation is 1. The number of aromatic nitrogens is 5. The zero-order chi connectivity index (χ0) is 11.8. The van der Waals surface area contributed by atoms with Gasteiger partial charge in [0.25, 0.3) is 0 Å². The molecular weight excluding hydrogens is 216 g/mol. The van der Waals surface area contributed by atoms with Gasteiger partial charge in [0.05, 0.1) is 5.56 Å². The topological polar surface area (TPSA) is 71.8 Å². The molecule has 0 atom stereocenters. The van der Waals surface area contributed by atoms with Crippen molar-refractivity contribution in [3.05, 3.63) is 36.2 Å². The van der Waals surface area contributed by atoms with Crippen LogP contribution >= 0.6 is 0 Å². The molecule has 3 aromatic heterocycles. The Morgan fingerprint density at radius 1 is 1.24 bits per heavy atom. The minimum Gasteiger partial charge on any atom is -0.280 e. The first-order chi connectivity index (χ1) is 8.29. The Morgan fingerprint density at radius 2 is 2.12 bits per heavy atom. The van der Waals surface area contributed by atoms with Crippen LogP contribution in [0.3, 0.4) is 0 Å². The average Bonchev–Trinajstić information content (AvgIpc) is 2.94. The summed E-state index contributed by atoms with van der Waals surface area (Å²) in [5.74, 6) is 0.678. The Kier molecular flexibility index (Phi) is 1.92. The average molecular weight is 224 g/mol. The Hall–Kier alpha value is -2.68. The Morgan fingerprint density at radius 3 is 2.82 bits per heavy atom. The van der Waals surface area contributed by atoms with Gasteiger partial charge in [-0.1, -0.05) is 0 Å². The molecule has 6 heteroatoms. The van der Waals surface area contributed by atoms with Crippen LogP contribution in [0.4, 0.5) is 0 Å². The summed E-state index contributed by atoms with van der Waals surface area (Å²) in [7, 11) is 1.84. The third-order valence-electron chi connectivity index (χ3n) is 2.58. The SMILES string of the molecule is Cn1nccc1-c1nnc2ccc(C#N)cn12. The number of nitrogens with zero attached hydrogens (tertiary/aromatic N) is 6. The van der Waals surface area contributed by atoms with Crippen molar-refractivity contribution in [1.82, 2.24) is 24.4 Å². The molecule has 0 aliphatic heterocycles. The summed E-state index contributed by atoms with van der Waals surface area (Å²) in [6.45, 7) is 0. The summed E-state index contributed by atoms with van der Waals surface area (Å²) < 4.78 is 3.51. The standard InChI is InChI=1S/C11H8N6/c1-16-9(4-5-13-16)11-15-14-10-3-2-8(6-12)7-17(10)11/h2-5,7H,1H3. The van der Waals surface area contributed by atoms with Gasteiger partial charge in [-0.25, -0.2) is 0 Å². The van der Waals surface area contributed by atoms with Crippen molar-refractivity contribution in [2.45, 2.75) is 0 Å². The predicted molar refractivity (Wildman–Crippen MR) is 59.9 cm³/mol. The normalized spacial score (nSPS) is 10.6. The summed E-state index contributed by atoms with van der Waals surface area (Å²) in [6.07, 6.45) is 3.42. The number of pyridine rings is 1. The Balaban J connectivity index is 2.31. The van der Waals surface area contributed by atoms with E-state index in [-0.39, 0.29) is 0 Å². The molecule has 3 rings (SSSR count). The van der Waals surface area contributed by atoms with E-state index in [1.54, 1.807) is 33.6 Å². The molecule has 0 spiro atoms. The minimum absolute atomic E-state index is 0.570. The number of hydrogen-bond acceptors (Lipinski definition) is 4. The van der Waals surface area contributed by atoms with Crippen LogP contribution in [0.2, 0.25) is 0 Å². The van der Waals surface area contributed by atoms with E-state index in [1.165, 1.54) is 0 Å². The molecule has 0 fully saturated rings. The smallest absolute Gasteiger partial charge is 0.186 e. The van der Waals surface area contributed by atoms with E-state index in [1.807, 2.05) is 13.1 Å². The van der Waals surface area contributed by atoms with Gasteiger partial charge in [0.2, 0.25) is 0 Å². The maximum Gasteiger partial charge on any atom is 0.186 e. The van der Waals surface area contributed by atoms with E-state index in [9.17, 15) is 0 Å². The lowest BCUT2D eigenvalue weighted by molar-refractivity contribution is 0.768. The minimum atomic E-state index is 0.570. The number of fused-ring (bicyclic) bond motifs is 1. The molecule has 0 amide bonds. The highest BCUT2D eigenvalue weighted by Gasteiger charge is 2.11. The van der Waals surface area contributed by atoms with Gasteiger partial charge in [-0.15, -0.1) is 10.2 Å². The molecule has 3 heterocycles.